The Morgan fingerprint density at radius 1 is 1.25 bits per heavy atom. The molecule has 128 valence electrons. The van der Waals surface area contributed by atoms with Gasteiger partial charge in [-0.15, -0.1) is 0 Å². The summed E-state index contributed by atoms with van der Waals surface area (Å²) in [6, 6.07) is 6.20. The Bertz CT molecular complexity index is 687. The van der Waals surface area contributed by atoms with Crippen molar-refractivity contribution >= 4 is 45.4 Å². The molecule has 9 heteroatoms. The monoisotopic (exact) mass is 397 g/mol. The third-order valence-electron chi connectivity index (χ3n) is 3.22. The number of halogens is 1. The molecule has 0 unspecified atom stereocenters. The van der Waals surface area contributed by atoms with Crippen LogP contribution >= 0.6 is 15.9 Å². The van der Waals surface area contributed by atoms with Crippen molar-refractivity contribution in [2.75, 3.05) is 18.5 Å². The van der Waals surface area contributed by atoms with Gasteiger partial charge in [0.15, 0.2) is 6.61 Å². The summed E-state index contributed by atoms with van der Waals surface area (Å²) < 4.78 is 5.66. The highest BCUT2D eigenvalue weighted by molar-refractivity contribution is 9.10. The zero-order chi connectivity index (χ0) is 17.9. The lowest BCUT2D eigenvalue weighted by atomic mass is 10.1. The molecule has 2 rings (SSSR count). The van der Waals surface area contributed by atoms with Crippen molar-refractivity contribution in [1.82, 2.24) is 10.2 Å². The number of carbonyl (C=O) groups excluding carboxylic acids is 4. The van der Waals surface area contributed by atoms with E-state index < -0.39 is 42.5 Å². The summed E-state index contributed by atoms with van der Waals surface area (Å²) in [6.45, 7) is 2.01. The van der Waals surface area contributed by atoms with E-state index in [4.69, 9.17) is 4.74 Å². The number of rotatable bonds is 5. The van der Waals surface area contributed by atoms with E-state index in [2.05, 4.69) is 26.6 Å². The normalized spacial score (nSPS) is 15.9. The van der Waals surface area contributed by atoms with Crippen molar-refractivity contribution in [2.24, 2.45) is 0 Å². The molecule has 0 spiro atoms. The van der Waals surface area contributed by atoms with Crippen LogP contribution in [0.15, 0.2) is 28.7 Å². The predicted molar refractivity (Wildman–Crippen MR) is 88.1 cm³/mol. The molecule has 1 aliphatic rings. The van der Waals surface area contributed by atoms with Crippen LogP contribution in [0.4, 0.5) is 10.5 Å². The Kier molecular flexibility index (Phi) is 5.23. The summed E-state index contributed by atoms with van der Waals surface area (Å²) in [7, 11) is 0. The van der Waals surface area contributed by atoms with E-state index in [1.807, 2.05) is 0 Å². The van der Waals surface area contributed by atoms with Gasteiger partial charge in [0.1, 0.15) is 12.1 Å². The van der Waals surface area contributed by atoms with Crippen molar-refractivity contribution in [3.8, 4) is 0 Å². The molecule has 0 aromatic heterocycles. The predicted octanol–water partition coefficient (Wildman–Crippen LogP) is 1.26. The topological polar surface area (TPSA) is 105 Å². The Morgan fingerprint density at radius 2 is 1.88 bits per heavy atom. The van der Waals surface area contributed by atoms with Gasteiger partial charge >= 0.3 is 12.0 Å². The minimum atomic E-state index is -1.06. The fourth-order valence-electron chi connectivity index (χ4n) is 2.01. The summed E-state index contributed by atoms with van der Waals surface area (Å²) in [4.78, 5) is 47.8. The first-order valence-electron chi connectivity index (χ1n) is 7.04. The van der Waals surface area contributed by atoms with E-state index in [-0.39, 0.29) is 0 Å². The average Bonchev–Trinajstić information content (AvgIpc) is 2.69. The minimum Gasteiger partial charge on any atom is -0.454 e. The van der Waals surface area contributed by atoms with Crippen LogP contribution in [0.1, 0.15) is 13.8 Å². The Morgan fingerprint density at radius 3 is 2.42 bits per heavy atom. The number of urea groups is 1. The highest BCUT2D eigenvalue weighted by Crippen LogP contribution is 2.16. The van der Waals surface area contributed by atoms with E-state index in [1.54, 1.807) is 24.3 Å². The Labute approximate surface area is 146 Å². The van der Waals surface area contributed by atoms with Gasteiger partial charge in [-0.05, 0) is 38.1 Å². The first-order valence-corrected chi connectivity index (χ1v) is 7.83. The molecule has 1 aliphatic heterocycles. The van der Waals surface area contributed by atoms with Crippen LogP contribution in [0.3, 0.4) is 0 Å². The summed E-state index contributed by atoms with van der Waals surface area (Å²) in [5.41, 5.74) is -0.508. The highest BCUT2D eigenvalue weighted by atomic mass is 79.9. The molecule has 4 amide bonds. The molecular formula is C15H16BrN3O5. The molecule has 0 bridgehead atoms. The van der Waals surface area contributed by atoms with Gasteiger partial charge in [0, 0.05) is 10.2 Å². The molecule has 1 fully saturated rings. The molecular weight excluding hydrogens is 382 g/mol. The molecule has 1 aromatic carbocycles. The molecule has 24 heavy (non-hydrogen) atoms. The summed E-state index contributed by atoms with van der Waals surface area (Å²) in [5.74, 6) is -1.89. The second-order valence-electron chi connectivity index (χ2n) is 5.66. The number of anilines is 1. The maximum absolute atomic E-state index is 11.9. The lowest BCUT2D eigenvalue weighted by molar-refractivity contribution is -0.150. The van der Waals surface area contributed by atoms with Crippen molar-refractivity contribution < 1.29 is 23.9 Å². The molecule has 0 aliphatic carbocycles. The smallest absolute Gasteiger partial charge is 0.326 e. The summed E-state index contributed by atoms with van der Waals surface area (Å²) in [5, 5.41) is 5.00. The van der Waals surface area contributed by atoms with Crippen molar-refractivity contribution in [3.63, 3.8) is 0 Å². The quantitative estimate of drug-likeness (QED) is 0.574. The van der Waals surface area contributed by atoms with E-state index in [0.29, 0.717) is 5.69 Å². The molecule has 0 saturated carbocycles. The van der Waals surface area contributed by atoms with Crippen LogP contribution in [0, 0.1) is 0 Å². The van der Waals surface area contributed by atoms with E-state index in [0.717, 1.165) is 9.37 Å². The SMILES string of the molecule is CC1(C)NC(=O)N(CC(=O)OCC(=O)Nc2ccc(Br)cc2)C1=O. The number of imide groups is 1. The van der Waals surface area contributed by atoms with Crippen LogP contribution in [0.25, 0.3) is 0 Å². The van der Waals surface area contributed by atoms with Crippen LogP contribution in [-0.2, 0) is 19.1 Å². The molecule has 8 nitrogen and oxygen atoms in total. The average molecular weight is 398 g/mol. The van der Waals surface area contributed by atoms with E-state index in [1.165, 1.54) is 13.8 Å². The first kappa shape index (κ1) is 17.9. The zero-order valence-corrected chi connectivity index (χ0v) is 14.7. The van der Waals surface area contributed by atoms with Gasteiger partial charge in [-0.3, -0.25) is 19.3 Å². The first-order chi connectivity index (χ1) is 11.2. The number of carbonyl (C=O) groups is 4. The largest absolute Gasteiger partial charge is 0.454 e. The van der Waals surface area contributed by atoms with Crippen molar-refractivity contribution in [2.45, 2.75) is 19.4 Å². The maximum atomic E-state index is 11.9. The standard InChI is InChI=1S/C15H16BrN3O5/c1-15(2)13(22)19(14(23)18-15)7-12(21)24-8-11(20)17-10-5-3-9(16)4-6-10/h3-6H,7-8H2,1-2H3,(H,17,20)(H,18,23). The lowest BCUT2D eigenvalue weighted by Gasteiger charge is -2.15. The number of nitrogens with zero attached hydrogens (tertiary/aromatic N) is 1. The van der Waals surface area contributed by atoms with Gasteiger partial charge in [0.05, 0.1) is 0 Å². The molecule has 0 atom stereocenters. The number of amides is 4. The van der Waals surface area contributed by atoms with Gasteiger partial charge in [-0.1, -0.05) is 15.9 Å². The van der Waals surface area contributed by atoms with Crippen LogP contribution in [-0.4, -0.2) is 47.4 Å². The van der Waals surface area contributed by atoms with Crippen LogP contribution in [0.5, 0.6) is 0 Å². The van der Waals surface area contributed by atoms with E-state index in [9.17, 15) is 19.2 Å². The second kappa shape index (κ2) is 7.00. The van der Waals surface area contributed by atoms with Gasteiger partial charge in [0.2, 0.25) is 0 Å². The minimum absolute atomic E-state index is 0.512. The third-order valence-corrected chi connectivity index (χ3v) is 3.75. The number of nitrogens with one attached hydrogen (secondary N) is 2. The maximum Gasteiger partial charge on any atom is 0.326 e. The fourth-order valence-corrected chi connectivity index (χ4v) is 2.28. The third kappa shape index (κ3) is 4.31. The van der Waals surface area contributed by atoms with Gasteiger partial charge < -0.3 is 15.4 Å². The molecule has 1 aromatic rings. The van der Waals surface area contributed by atoms with Crippen molar-refractivity contribution in [3.05, 3.63) is 28.7 Å². The van der Waals surface area contributed by atoms with Crippen LogP contribution < -0.4 is 10.6 Å². The number of hydrogen-bond donors (Lipinski definition) is 2. The highest BCUT2D eigenvalue weighted by Gasteiger charge is 2.45. The molecule has 1 heterocycles. The lowest BCUT2D eigenvalue weighted by Crippen LogP contribution is -2.41. The molecule has 0 radical (unpaired) electrons. The number of esters is 1. The Balaban J connectivity index is 1.81. The van der Waals surface area contributed by atoms with Crippen molar-refractivity contribution in [1.29, 1.82) is 0 Å². The molecule has 2 N–H and O–H groups in total. The Hall–Kier alpha value is -2.42. The second-order valence-corrected chi connectivity index (χ2v) is 6.58. The fraction of sp³-hybridized carbons (Fsp3) is 0.333. The van der Waals surface area contributed by atoms with Gasteiger partial charge in [0.25, 0.3) is 11.8 Å². The number of ether oxygens (including phenoxy) is 1. The zero-order valence-electron chi connectivity index (χ0n) is 13.1. The number of benzene rings is 1. The van der Waals surface area contributed by atoms with Gasteiger partial charge in [-0.25, -0.2) is 4.79 Å². The van der Waals surface area contributed by atoms with E-state index >= 15 is 0 Å². The number of hydrogen-bond acceptors (Lipinski definition) is 5. The van der Waals surface area contributed by atoms with Crippen LogP contribution in [0.2, 0.25) is 0 Å². The summed E-state index contributed by atoms with van der Waals surface area (Å²) >= 11 is 3.27. The summed E-state index contributed by atoms with van der Waals surface area (Å²) in [6.07, 6.45) is 0. The van der Waals surface area contributed by atoms with Gasteiger partial charge in [-0.2, -0.15) is 0 Å². The molecule has 1 saturated heterocycles.